The molecule has 1 heterocycles. The number of halogens is 2. The lowest BCUT2D eigenvalue weighted by Crippen LogP contribution is -1.95. The largest absolute Gasteiger partial charge is 0.374 e. The van der Waals surface area contributed by atoms with Gasteiger partial charge in [0.1, 0.15) is 12.4 Å². The number of hydrogen-bond acceptors (Lipinski definition) is 2. The number of nitrogens with zero attached hydrogens (tertiary/aromatic N) is 1. The number of imidazole rings is 1. The minimum atomic E-state index is -0.889. The third kappa shape index (κ3) is 2.19. The number of hydrogen-bond donors (Lipinski definition) is 1. The summed E-state index contributed by atoms with van der Waals surface area (Å²) in [6.45, 7) is 2.97. The van der Waals surface area contributed by atoms with Gasteiger partial charge in [0.05, 0.1) is 11.0 Å². The molecule has 0 radical (unpaired) electrons. The molecule has 0 aliphatic heterocycles. The van der Waals surface area contributed by atoms with E-state index in [0.29, 0.717) is 30.1 Å². The molecule has 2 rings (SSSR count). The summed E-state index contributed by atoms with van der Waals surface area (Å²) in [7, 11) is 0. The van der Waals surface area contributed by atoms with Crippen molar-refractivity contribution in [2.45, 2.75) is 20.0 Å². The van der Waals surface area contributed by atoms with Gasteiger partial charge in [-0.1, -0.05) is 6.92 Å². The topological polar surface area (TPSA) is 37.9 Å². The van der Waals surface area contributed by atoms with E-state index in [9.17, 15) is 8.78 Å². The van der Waals surface area contributed by atoms with Crippen molar-refractivity contribution in [3.63, 3.8) is 0 Å². The van der Waals surface area contributed by atoms with Crippen LogP contribution in [0.5, 0.6) is 0 Å². The molecule has 16 heavy (non-hydrogen) atoms. The van der Waals surface area contributed by atoms with Crippen LogP contribution in [0.2, 0.25) is 0 Å². The molecule has 1 N–H and O–H groups in total. The van der Waals surface area contributed by atoms with E-state index in [-0.39, 0.29) is 0 Å². The zero-order valence-corrected chi connectivity index (χ0v) is 8.89. The van der Waals surface area contributed by atoms with Gasteiger partial charge in [0.15, 0.2) is 11.6 Å². The maximum Gasteiger partial charge on any atom is 0.161 e. The van der Waals surface area contributed by atoms with Crippen LogP contribution in [0.1, 0.15) is 19.2 Å². The van der Waals surface area contributed by atoms with Crippen molar-refractivity contribution in [3.8, 4) is 0 Å². The Labute approximate surface area is 91.4 Å². The van der Waals surface area contributed by atoms with E-state index in [1.807, 2.05) is 6.92 Å². The van der Waals surface area contributed by atoms with Crippen molar-refractivity contribution in [2.24, 2.45) is 0 Å². The van der Waals surface area contributed by atoms with Gasteiger partial charge in [-0.15, -0.1) is 0 Å². The third-order valence-corrected chi connectivity index (χ3v) is 2.16. The van der Waals surface area contributed by atoms with E-state index in [1.54, 1.807) is 0 Å². The normalized spacial score (nSPS) is 11.2. The molecule has 1 aromatic heterocycles. The second kappa shape index (κ2) is 4.57. The average molecular weight is 226 g/mol. The Bertz CT molecular complexity index is 457. The monoisotopic (exact) mass is 226 g/mol. The maximum absolute atomic E-state index is 12.9. The van der Waals surface area contributed by atoms with Gasteiger partial charge < -0.3 is 9.72 Å². The number of fused-ring (bicyclic) bond motifs is 1. The average Bonchev–Trinajstić information content (AvgIpc) is 2.61. The van der Waals surface area contributed by atoms with E-state index < -0.39 is 11.6 Å². The Hall–Kier alpha value is -1.49. The van der Waals surface area contributed by atoms with Gasteiger partial charge in [-0.2, -0.15) is 0 Å². The van der Waals surface area contributed by atoms with Crippen molar-refractivity contribution in [1.82, 2.24) is 9.97 Å². The number of ether oxygens (including phenoxy) is 1. The van der Waals surface area contributed by atoms with Crippen molar-refractivity contribution in [3.05, 3.63) is 29.6 Å². The summed E-state index contributed by atoms with van der Waals surface area (Å²) in [5, 5.41) is 0. The van der Waals surface area contributed by atoms with E-state index in [4.69, 9.17) is 4.74 Å². The summed E-state index contributed by atoms with van der Waals surface area (Å²) in [5.41, 5.74) is 0.892. The molecule has 0 aliphatic rings. The van der Waals surface area contributed by atoms with E-state index in [0.717, 1.165) is 18.6 Å². The number of rotatable bonds is 4. The Morgan fingerprint density at radius 3 is 2.81 bits per heavy atom. The molecule has 0 saturated heterocycles. The van der Waals surface area contributed by atoms with Gasteiger partial charge in [0.25, 0.3) is 0 Å². The van der Waals surface area contributed by atoms with Crippen molar-refractivity contribution in [2.75, 3.05) is 6.61 Å². The highest BCUT2D eigenvalue weighted by atomic mass is 19.2. The van der Waals surface area contributed by atoms with Crippen molar-refractivity contribution < 1.29 is 13.5 Å². The predicted molar refractivity (Wildman–Crippen MR) is 56.0 cm³/mol. The molecule has 0 atom stereocenters. The number of aromatic amines is 1. The molecule has 5 heteroatoms. The zero-order valence-electron chi connectivity index (χ0n) is 8.89. The molecule has 0 spiro atoms. The van der Waals surface area contributed by atoms with Crippen LogP contribution in [0.25, 0.3) is 11.0 Å². The predicted octanol–water partition coefficient (Wildman–Crippen LogP) is 2.77. The molecule has 0 aliphatic carbocycles. The minimum Gasteiger partial charge on any atom is -0.374 e. The van der Waals surface area contributed by atoms with Crippen LogP contribution >= 0.6 is 0 Å². The summed E-state index contributed by atoms with van der Waals surface area (Å²) < 4.78 is 31.1. The molecule has 86 valence electrons. The third-order valence-electron chi connectivity index (χ3n) is 2.16. The van der Waals surface area contributed by atoms with Gasteiger partial charge in [-0.3, -0.25) is 0 Å². The number of benzene rings is 1. The lowest BCUT2D eigenvalue weighted by molar-refractivity contribution is 0.117. The smallest absolute Gasteiger partial charge is 0.161 e. The Balaban J connectivity index is 2.23. The van der Waals surface area contributed by atoms with Gasteiger partial charge >= 0.3 is 0 Å². The van der Waals surface area contributed by atoms with Crippen LogP contribution in [0.15, 0.2) is 12.1 Å². The molecular weight excluding hydrogens is 214 g/mol. The first-order valence-corrected chi connectivity index (χ1v) is 5.12. The minimum absolute atomic E-state index is 0.325. The van der Waals surface area contributed by atoms with E-state index in [2.05, 4.69) is 9.97 Å². The number of nitrogens with one attached hydrogen (secondary N) is 1. The first-order chi connectivity index (χ1) is 7.70. The quantitative estimate of drug-likeness (QED) is 0.814. The lowest BCUT2D eigenvalue weighted by atomic mass is 10.3. The highest BCUT2D eigenvalue weighted by Gasteiger charge is 2.08. The number of H-pyrrole nitrogens is 1. The van der Waals surface area contributed by atoms with Crippen molar-refractivity contribution in [1.29, 1.82) is 0 Å². The molecule has 0 bridgehead atoms. The molecule has 0 fully saturated rings. The summed E-state index contributed by atoms with van der Waals surface area (Å²) in [4.78, 5) is 6.98. The van der Waals surface area contributed by atoms with Gasteiger partial charge in [-0.25, -0.2) is 13.8 Å². The van der Waals surface area contributed by atoms with Crippen LogP contribution in [-0.2, 0) is 11.3 Å². The highest BCUT2D eigenvalue weighted by Crippen LogP contribution is 2.16. The van der Waals surface area contributed by atoms with Crippen LogP contribution in [-0.4, -0.2) is 16.6 Å². The molecule has 1 aromatic carbocycles. The van der Waals surface area contributed by atoms with Crippen LogP contribution < -0.4 is 0 Å². The summed E-state index contributed by atoms with van der Waals surface area (Å²) in [6, 6.07) is 2.17. The SMILES string of the molecule is CCCOCc1nc2cc(F)c(F)cc2[nH]1. The van der Waals surface area contributed by atoms with Gasteiger partial charge in [0, 0.05) is 18.7 Å². The van der Waals surface area contributed by atoms with Crippen molar-refractivity contribution >= 4 is 11.0 Å². The Kier molecular flexibility index (Phi) is 3.14. The maximum atomic E-state index is 12.9. The first kappa shape index (κ1) is 11.0. The standard InChI is InChI=1S/C11H12F2N2O/c1-2-3-16-6-11-14-9-4-7(12)8(13)5-10(9)15-11/h4-5H,2-3,6H2,1H3,(H,14,15). The fraction of sp³-hybridized carbons (Fsp3) is 0.364. The lowest BCUT2D eigenvalue weighted by Gasteiger charge is -1.97. The summed E-state index contributed by atoms with van der Waals surface area (Å²) in [5.74, 6) is -1.19. The molecule has 0 saturated carbocycles. The second-order valence-corrected chi connectivity index (χ2v) is 3.52. The van der Waals surface area contributed by atoms with Crippen LogP contribution in [0, 0.1) is 11.6 Å². The fourth-order valence-electron chi connectivity index (χ4n) is 1.44. The van der Waals surface area contributed by atoms with E-state index in [1.165, 1.54) is 0 Å². The Morgan fingerprint density at radius 2 is 2.06 bits per heavy atom. The first-order valence-electron chi connectivity index (χ1n) is 5.12. The molecule has 0 amide bonds. The second-order valence-electron chi connectivity index (χ2n) is 3.52. The van der Waals surface area contributed by atoms with Gasteiger partial charge in [-0.05, 0) is 6.42 Å². The molecule has 2 aromatic rings. The van der Waals surface area contributed by atoms with Crippen LogP contribution in [0.3, 0.4) is 0 Å². The zero-order chi connectivity index (χ0) is 11.5. The molecule has 0 unspecified atom stereocenters. The van der Waals surface area contributed by atoms with E-state index >= 15 is 0 Å². The molecular formula is C11H12F2N2O. The van der Waals surface area contributed by atoms with Crippen LogP contribution in [0.4, 0.5) is 8.78 Å². The highest BCUT2D eigenvalue weighted by molar-refractivity contribution is 5.75. The summed E-state index contributed by atoms with van der Waals surface area (Å²) in [6.07, 6.45) is 0.920. The molecule has 3 nitrogen and oxygen atoms in total. The Morgan fingerprint density at radius 1 is 1.31 bits per heavy atom. The van der Waals surface area contributed by atoms with Gasteiger partial charge in [0.2, 0.25) is 0 Å². The fourth-order valence-corrected chi connectivity index (χ4v) is 1.44. The number of aromatic nitrogens is 2. The summed E-state index contributed by atoms with van der Waals surface area (Å²) >= 11 is 0.